The third kappa shape index (κ3) is 5.46. The second kappa shape index (κ2) is 9.56. The molecule has 7 nitrogen and oxygen atoms in total. The molecule has 0 saturated carbocycles. The van der Waals surface area contributed by atoms with Crippen molar-refractivity contribution in [3.05, 3.63) is 41.6 Å². The molecule has 0 amide bonds. The van der Waals surface area contributed by atoms with E-state index in [2.05, 4.69) is 54.7 Å². The fraction of sp³-hybridized carbons (Fsp3) is 0.450. The van der Waals surface area contributed by atoms with Gasteiger partial charge in [-0.15, -0.1) is 0 Å². The van der Waals surface area contributed by atoms with Crippen molar-refractivity contribution in [1.82, 2.24) is 15.3 Å². The minimum absolute atomic E-state index is 0.214. The van der Waals surface area contributed by atoms with E-state index in [1.807, 2.05) is 6.07 Å². The SMILES string of the molecule is S=C(NCC1CCCO1)Nc1nc(Cl)cc(N2CCN(c3ccccc3)CC2)n1. The lowest BCUT2D eigenvalue weighted by Gasteiger charge is -2.36. The van der Waals surface area contributed by atoms with E-state index < -0.39 is 0 Å². The van der Waals surface area contributed by atoms with Gasteiger partial charge in [0.1, 0.15) is 11.0 Å². The first-order valence-corrected chi connectivity index (χ1v) is 10.7. The fourth-order valence-corrected chi connectivity index (χ4v) is 3.97. The lowest BCUT2D eigenvalue weighted by Crippen LogP contribution is -2.47. The van der Waals surface area contributed by atoms with Crippen LogP contribution >= 0.6 is 23.8 Å². The molecular weight excluding hydrogens is 408 g/mol. The number of hydrogen-bond acceptors (Lipinski definition) is 6. The van der Waals surface area contributed by atoms with Gasteiger partial charge in [0.25, 0.3) is 0 Å². The average Bonchev–Trinajstić information content (AvgIpc) is 3.26. The highest BCUT2D eigenvalue weighted by Gasteiger charge is 2.20. The molecule has 1 aromatic heterocycles. The zero-order valence-electron chi connectivity index (χ0n) is 16.2. The molecule has 4 rings (SSSR count). The van der Waals surface area contributed by atoms with Crippen molar-refractivity contribution in [3.8, 4) is 0 Å². The van der Waals surface area contributed by atoms with Crippen LogP contribution in [-0.4, -0.2) is 60.5 Å². The van der Waals surface area contributed by atoms with Crippen molar-refractivity contribution in [1.29, 1.82) is 0 Å². The molecule has 154 valence electrons. The van der Waals surface area contributed by atoms with Crippen LogP contribution in [0.5, 0.6) is 0 Å². The number of benzene rings is 1. The Labute approximate surface area is 181 Å². The lowest BCUT2D eigenvalue weighted by molar-refractivity contribution is 0.114. The summed E-state index contributed by atoms with van der Waals surface area (Å²) in [6.45, 7) is 5.09. The van der Waals surface area contributed by atoms with Gasteiger partial charge in [-0.2, -0.15) is 4.98 Å². The van der Waals surface area contributed by atoms with Crippen molar-refractivity contribution >= 4 is 46.4 Å². The summed E-state index contributed by atoms with van der Waals surface area (Å²) in [4.78, 5) is 13.5. The van der Waals surface area contributed by atoms with Gasteiger partial charge in [-0.25, -0.2) is 4.98 Å². The topological polar surface area (TPSA) is 65.6 Å². The second-order valence-electron chi connectivity index (χ2n) is 7.15. The summed E-state index contributed by atoms with van der Waals surface area (Å²) < 4.78 is 5.60. The number of nitrogens with one attached hydrogen (secondary N) is 2. The Morgan fingerprint density at radius 3 is 2.62 bits per heavy atom. The molecule has 2 fully saturated rings. The average molecular weight is 433 g/mol. The Hall–Kier alpha value is -2.16. The highest BCUT2D eigenvalue weighted by Crippen LogP contribution is 2.22. The van der Waals surface area contributed by atoms with Crippen LogP contribution in [0.3, 0.4) is 0 Å². The quantitative estimate of drug-likeness (QED) is 0.552. The van der Waals surface area contributed by atoms with Crippen molar-refractivity contribution in [2.75, 3.05) is 54.4 Å². The normalized spacial score (nSPS) is 19.3. The van der Waals surface area contributed by atoms with Gasteiger partial charge in [-0.1, -0.05) is 29.8 Å². The summed E-state index contributed by atoms with van der Waals surface area (Å²) in [5.74, 6) is 1.21. The maximum Gasteiger partial charge on any atom is 0.232 e. The molecule has 2 aliphatic heterocycles. The van der Waals surface area contributed by atoms with Crippen LogP contribution in [0.1, 0.15) is 12.8 Å². The molecule has 9 heteroatoms. The third-order valence-corrected chi connectivity index (χ3v) is 5.59. The zero-order chi connectivity index (χ0) is 20.1. The predicted octanol–water partition coefficient (Wildman–Crippen LogP) is 2.92. The van der Waals surface area contributed by atoms with Crippen molar-refractivity contribution < 1.29 is 4.74 Å². The first-order valence-electron chi connectivity index (χ1n) is 9.93. The Bertz CT molecular complexity index is 825. The van der Waals surface area contributed by atoms with Crippen LogP contribution in [0.4, 0.5) is 17.5 Å². The van der Waals surface area contributed by atoms with E-state index in [1.54, 1.807) is 6.07 Å². The molecule has 2 saturated heterocycles. The summed E-state index contributed by atoms with van der Waals surface area (Å²) in [5, 5.41) is 7.08. The van der Waals surface area contributed by atoms with Crippen LogP contribution in [-0.2, 0) is 4.74 Å². The molecule has 2 aliphatic rings. The molecule has 1 aromatic carbocycles. The zero-order valence-corrected chi connectivity index (χ0v) is 17.8. The number of para-hydroxylation sites is 1. The molecule has 1 unspecified atom stereocenters. The Kier molecular flexibility index (Phi) is 6.63. The summed E-state index contributed by atoms with van der Waals surface area (Å²) >= 11 is 11.6. The standard InChI is InChI=1S/C20H25ClN6OS/c21-17-13-18(27-10-8-26(9-11-27)15-5-2-1-3-6-15)24-19(23-17)25-20(29)22-14-16-7-4-12-28-16/h1-3,5-6,13,16H,4,7-12,14H2,(H2,22,23,24,25,29). The van der Waals surface area contributed by atoms with E-state index in [0.29, 0.717) is 22.8 Å². The minimum Gasteiger partial charge on any atom is -0.376 e. The maximum absolute atomic E-state index is 6.25. The number of anilines is 3. The Morgan fingerprint density at radius 1 is 1.14 bits per heavy atom. The molecule has 0 spiro atoms. The number of ether oxygens (including phenoxy) is 1. The van der Waals surface area contributed by atoms with Crippen molar-refractivity contribution in [2.24, 2.45) is 0 Å². The number of hydrogen-bond donors (Lipinski definition) is 2. The number of thiocarbonyl (C=S) groups is 1. The predicted molar refractivity (Wildman–Crippen MR) is 121 cm³/mol. The van der Waals surface area contributed by atoms with Gasteiger partial charge in [-0.3, -0.25) is 0 Å². The summed E-state index contributed by atoms with van der Waals surface area (Å²) in [5.41, 5.74) is 1.25. The molecule has 29 heavy (non-hydrogen) atoms. The highest BCUT2D eigenvalue weighted by atomic mass is 35.5. The monoisotopic (exact) mass is 432 g/mol. The molecule has 0 bridgehead atoms. The van der Waals surface area contributed by atoms with Crippen LogP contribution < -0.4 is 20.4 Å². The first kappa shape index (κ1) is 20.1. The number of rotatable bonds is 5. The van der Waals surface area contributed by atoms with Gasteiger partial charge >= 0.3 is 0 Å². The van der Waals surface area contributed by atoms with Gasteiger partial charge in [0.05, 0.1) is 6.10 Å². The summed E-state index contributed by atoms with van der Waals surface area (Å²) in [6.07, 6.45) is 2.37. The molecular formula is C20H25ClN6OS. The Morgan fingerprint density at radius 2 is 1.90 bits per heavy atom. The highest BCUT2D eigenvalue weighted by molar-refractivity contribution is 7.80. The molecule has 2 aromatic rings. The number of nitrogens with zero attached hydrogens (tertiary/aromatic N) is 4. The van der Waals surface area contributed by atoms with E-state index >= 15 is 0 Å². The van der Waals surface area contributed by atoms with Gasteiger partial charge in [0.15, 0.2) is 5.11 Å². The first-order chi connectivity index (χ1) is 14.2. The van der Waals surface area contributed by atoms with Crippen LogP contribution in [0.2, 0.25) is 5.15 Å². The van der Waals surface area contributed by atoms with Gasteiger partial charge in [0, 0.05) is 51.1 Å². The van der Waals surface area contributed by atoms with E-state index in [1.165, 1.54) is 5.69 Å². The lowest BCUT2D eigenvalue weighted by atomic mass is 10.2. The number of piperazine rings is 1. The van der Waals surface area contributed by atoms with Gasteiger partial charge in [-0.05, 0) is 37.2 Å². The van der Waals surface area contributed by atoms with E-state index in [0.717, 1.165) is 51.4 Å². The van der Waals surface area contributed by atoms with Crippen LogP contribution in [0.25, 0.3) is 0 Å². The maximum atomic E-state index is 6.25. The smallest absolute Gasteiger partial charge is 0.232 e. The summed E-state index contributed by atoms with van der Waals surface area (Å²) in [6, 6.07) is 12.3. The molecule has 0 aliphatic carbocycles. The largest absolute Gasteiger partial charge is 0.376 e. The summed E-state index contributed by atoms with van der Waals surface area (Å²) in [7, 11) is 0. The van der Waals surface area contributed by atoms with Crippen LogP contribution in [0.15, 0.2) is 36.4 Å². The molecule has 2 N–H and O–H groups in total. The fourth-order valence-electron chi connectivity index (χ4n) is 3.61. The third-order valence-electron chi connectivity index (χ3n) is 5.15. The van der Waals surface area contributed by atoms with E-state index in [9.17, 15) is 0 Å². The number of halogens is 1. The molecule has 3 heterocycles. The van der Waals surface area contributed by atoms with Crippen molar-refractivity contribution in [3.63, 3.8) is 0 Å². The van der Waals surface area contributed by atoms with Crippen LogP contribution in [0, 0.1) is 0 Å². The van der Waals surface area contributed by atoms with E-state index in [4.69, 9.17) is 28.6 Å². The van der Waals surface area contributed by atoms with Gasteiger partial charge in [0.2, 0.25) is 5.95 Å². The molecule has 1 atom stereocenters. The second-order valence-corrected chi connectivity index (χ2v) is 7.95. The minimum atomic E-state index is 0.214. The Balaban J connectivity index is 1.34. The number of aromatic nitrogens is 2. The molecule has 0 radical (unpaired) electrons. The van der Waals surface area contributed by atoms with E-state index in [-0.39, 0.29) is 6.10 Å². The van der Waals surface area contributed by atoms with Gasteiger partial charge < -0.3 is 25.2 Å². The van der Waals surface area contributed by atoms with Crippen molar-refractivity contribution in [2.45, 2.75) is 18.9 Å².